The first-order valence-electron chi connectivity index (χ1n) is 6.14. The second-order valence-corrected chi connectivity index (χ2v) is 4.54. The van der Waals surface area contributed by atoms with Crippen LogP contribution < -0.4 is 9.64 Å². The van der Waals surface area contributed by atoms with E-state index in [0.717, 1.165) is 11.3 Å². The van der Waals surface area contributed by atoms with Gasteiger partial charge in [0.25, 0.3) is 0 Å². The summed E-state index contributed by atoms with van der Waals surface area (Å²) >= 11 is 5.72. The van der Waals surface area contributed by atoms with Crippen LogP contribution in [0.25, 0.3) is 0 Å². The molecule has 5 nitrogen and oxygen atoms in total. The molecule has 0 aliphatic carbocycles. The molecule has 0 saturated heterocycles. The molecule has 20 heavy (non-hydrogen) atoms. The predicted molar refractivity (Wildman–Crippen MR) is 78.2 cm³/mol. The van der Waals surface area contributed by atoms with Crippen LogP contribution in [-0.2, 0) is 11.5 Å². The Bertz CT molecular complexity index is 584. The van der Waals surface area contributed by atoms with Crippen molar-refractivity contribution in [1.82, 2.24) is 9.78 Å². The third kappa shape index (κ3) is 2.93. The van der Waals surface area contributed by atoms with E-state index in [1.54, 1.807) is 35.2 Å². The largest absolute Gasteiger partial charge is 0.495 e. The second-order valence-electron chi connectivity index (χ2n) is 4.27. The van der Waals surface area contributed by atoms with Gasteiger partial charge in [0.15, 0.2) is 0 Å². The van der Waals surface area contributed by atoms with Gasteiger partial charge in [0, 0.05) is 12.4 Å². The number of aryl methyl sites for hydroxylation is 1. The molecule has 2 aromatic rings. The van der Waals surface area contributed by atoms with Crippen LogP contribution >= 0.6 is 11.6 Å². The maximum absolute atomic E-state index is 12.2. The number of hydrogen-bond acceptors (Lipinski definition) is 3. The fourth-order valence-corrected chi connectivity index (χ4v) is 2.16. The van der Waals surface area contributed by atoms with Gasteiger partial charge in [-0.05, 0) is 24.6 Å². The highest BCUT2D eigenvalue weighted by Crippen LogP contribution is 2.32. The number of methoxy groups -OCH3 is 1. The standard InChI is InChI=1S/C14H16ClN3O2/c1-11-5-3-6-12(20-2)14(11)18(13(19)9-15)10-17-8-4-7-16-17/h3-8H,9-10H2,1-2H3. The number of rotatable bonds is 5. The monoisotopic (exact) mass is 293 g/mol. The molecule has 2 rings (SSSR count). The van der Waals surface area contributed by atoms with Gasteiger partial charge < -0.3 is 4.74 Å². The van der Waals surface area contributed by atoms with Gasteiger partial charge in [0.2, 0.25) is 5.91 Å². The van der Waals surface area contributed by atoms with Crippen molar-refractivity contribution in [2.24, 2.45) is 0 Å². The van der Waals surface area contributed by atoms with Gasteiger partial charge in [-0.2, -0.15) is 5.10 Å². The van der Waals surface area contributed by atoms with Gasteiger partial charge in [0.05, 0.1) is 12.8 Å². The summed E-state index contributed by atoms with van der Waals surface area (Å²) in [5, 5.41) is 4.12. The Morgan fingerprint density at radius 2 is 2.25 bits per heavy atom. The molecule has 1 heterocycles. The Morgan fingerprint density at radius 3 is 2.85 bits per heavy atom. The van der Waals surface area contributed by atoms with E-state index in [1.165, 1.54) is 0 Å². The highest BCUT2D eigenvalue weighted by atomic mass is 35.5. The van der Waals surface area contributed by atoms with Crippen LogP contribution in [0, 0.1) is 6.92 Å². The number of ether oxygens (including phenoxy) is 1. The Hall–Kier alpha value is -2.01. The van der Waals surface area contributed by atoms with Crippen LogP contribution in [-0.4, -0.2) is 28.7 Å². The number of benzene rings is 1. The zero-order chi connectivity index (χ0) is 14.5. The average Bonchev–Trinajstić information content (AvgIpc) is 2.97. The SMILES string of the molecule is COc1cccc(C)c1N(Cn1cccn1)C(=O)CCl. The lowest BCUT2D eigenvalue weighted by atomic mass is 10.1. The first-order valence-corrected chi connectivity index (χ1v) is 6.68. The average molecular weight is 294 g/mol. The molecule has 106 valence electrons. The number of halogens is 1. The van der Waals surface area contributed by atoms with E-state index in [-0.39, 0.29) is 11.8 Å². The molecule has 0 aliphatic heterocycles. The number of amides is 1. The van der Waals surface area contributed by atoms with Gasteiger partial charge in [-0.15, -0.1) is 11.6 Å². The molecule has 0 N–H and O–H groups in total. The van der Waals surface area contributed by atoms with E-state index in [2.05, 4.69) is 5.10 Å². The summed E-state index contributed by atoms with van der Waals surface area (Å²) in [6, 6.07) is 7.43. The van der Waals surface area contributed by atoms with Crippen LogP contribution in [0.1, 0.15) is 5.56 Å². The van der Waals surface area contributed by atoms with Crippen molar-refractivity contribution in [2.45, 2.75) is 13.6 Å². The van der Waals surface area contributed by atoms with Crippen LogP contribution in [0.2, 0.25) is 0 Å². The fraction of sp³-hybridized carbons (Fsp3) is 0.286. The third-order valence-electron chi connectivity index (χ3n) is 2.95. The van der Waals surface area contributed by atoms with Gasteiger partial charge in [-0.1, -0.05) is 12.1 Å². The summed E-state index contributed by atoms with van der Waals surface area (Å²) in [7, 11) is 1.58. The molecule has 0 aliphatic rings. The lowest BCUT2D eigenvalue weighted by Gasteiger charge is -2.25. The number of para-hydroxylation sites is 1. The number of anilines is 1. The summed E-state index contributed by atoms with van der Waals surface area (Å²) in [4.78, 5) is 13.7. The van der Waals surface area contributed by atoms with Crippen molar-refractivity contribution in [3.05, 3.63) is 42.2 Å². The summed E-state index contributed by atoms with van der Waals surface area (Å²) < 4.78 is 7.02. The molecule has 0 fully saturated rings. The zero-order valence-electron chi connectivity index (χ0n) is 11.4. The van der Waals surface area contributed by atoms with E-state index >= 15 is 0 Å². The smallest absolute Gasteiger partial charge is 0.243 e. The molecule has 1 amide bonds. The second kappa shape index (κ2) is 6.43. The molecular formula is C14H16ClN3O2. The van der Waals surface area contributed by atoms with Crippen molar-refractivity contribution in [3.63, 3.8) is 0 Å². The molecular weight excluding hydrogens is 278 g/mol. The fourth-order valence-electron chi connectivity index (χ4n) is 2.02. The topological polar surface area (TPSA) is 47.4 Å². The Morgan fingerprint density at radius 1 is 1.45 bits per heavy atom. The van der Waals surface area contributed by atoms with E-state index in [1.807, 2.05) is 25.1 Å². The number of hydrogen-bond donors (Lipinski definition) is 0. The minimum absolute atomic E-state index is 0.0985. The zero-order valence-corrected chi connectivity index (χ0v) is 12.2. The Labute approximate surface area is 122 Å². The summed E-state index contributed by atoms with van der Waals surface area (Å²) in [5.74, 6) is 0.337. The van der Waals surface area contributed by atoms with Crippen LogP contribution in [0.5, 0.6) is 5.75 Å². The maximum atomic E-state index is 12.2. The van der Waals surface area contributed by atoms with E-state index in [0.29, 0.717) is 12.4 Å². The predicted octanol–water partition coefficient (Wildman–Crippen LogP) is 2.43. The number of carbonyl (C=O) groups excluding carboxylic acids is 1. The van der Waals surface area contributed by atoms with Crippen molar-refractivity contribution in [3.8, 4) is 5.75 Å². The number of aromatic nitrogens is 2. The van der Waals surface area contributed by atoms with E-state index in [4.69, 9.17) is 16.3 Å². The quantitative estimate of drug-likeness (QED) is 0.796. The van der Waals surface area contributed by atoms with Crippen molar-refractivity contribution in [1.29, 1.82) is 0 Å². The van der Waals surface area contributed by atoms with E-state index in [9.17, 15) is 4.79 Å². The van der Waals surface area contributed by atoms with Gasteiger partial charge in [-0.3, -0.25) is 14.4 Å². The van der Waals surface area contributed by atoms with Gasteiger partial charge >= 0.3 is 0 Å². The van der Waals surface area contributed by atoms with Crippen molar-refractivity contribution < 1.29 is 9.53 Å². The molecule has 0 saturated carbocycles. The molecule has 1 aromatic heterocycles. The molecule has 0 spiro atoms. The highest BCUT2D eigenvalue weighted by Gasteiger charge is 2.21. The first-order chi connectivity index (χ1) is 9.67. The first kappa shape index (κ1) is 14.4. The molecule has 0 atom stereocenters. The number of carbonyl (C=O) groups is 1. The molecule has 6 heteroatoms. The summed E-state index contributed by atoms with van der Waals surface area (Å²) in [6.45, 7) is 2.22. The molecule has 0 unspecified atom stereocenters. The van der Waals surface area contributed by atoms with Crippen LogP contribution in [0.3, 0.4) is 0 Å². The number of nitrogens with zero attached hydrogens (tertiary/aromatic N) is 3. The van der Waals surface area contributed by atoms with Crippen molar-refractivity contribution >= 4 is 23.2 Å². The van der Waals surface area contributed by atoms with Gasteiger partial charge in [-0.25, -0.2) is 0 Å². The Kier molecular flexibility index (Phi) is 4.63. The lowest BCUT2D eigenvalue weighted by molar-refractivity contribution is -0.116. The maximum Gasteiger partial charge on any atom is 0.243 e. The Balaban J connectivity index is 2.43. The molecule has 0 radical (unpaired) electrons. The van der Waals surface area contributed by atoms with Crippen molar-refractivity contribution in [2.75, 3.05) is 17.9 Å². The van der Waals surface area contributed by atoms with Gasteiger partial charge in [0.1, 0.15) is 18.3 Å². The summed E-state index contributed by atoms with van der Waals surface area (Å²) in [6.07, 6.45) is 3.46. The minimum Gasteiger partial charge on any atom is -0.495 e. The molecule has 1 aromatic carbocycles. The van der Waals surface area contributed by atoms with Crippen LogP contribution in [0.15, 0.2) is 36.7 Å². The molecule has 0 bridgehead atoms. The van der Waals surface area contributed by atoms with Crippen LogP contribution in [0.4, 0.5) is 5.69 Å². The van der Waals surface area contributed by atoms with E-state index < -0.39 is 0 Å². The normalized spacial score (nSPS) is 10.3. The lowest BCUT2D eigenvalue weighted by Crippen LogP contribution is -2.34. The summed E-state index contributed by atoms with van der Waals surface area (Å²) in [5.41, 5.74) is 1.66. The highest BCUT2D eigenvalue weighted by molar-refractivity contribution is 6.29. The third-order valence-corrected chi connectivity index (χ3v) is 3.18. The number of alkyl halides is 1. The minimum atomic E-state index is -0.199.